The molecule has 5 rings (SSSR count). The number of hydrogen-bond acceptors (Lipinski definition) is 8. The van der Waals surface area contributed by atoms with Gasteiger partial charge in [0, 0.05) is 58.1 Å². The van der Waals surface area contributed by atoms with Gasteiger partial charge in [0.05, 0.1) is 37.3 Å². The third-order valence-electron chi connectivity index (χ3n) is 10.9. The molecule has 3 amide bonds. The molecule has 2 bridgehead atoms. The maximum absolute atomic E-state index is 14.8. The molecule has 0 aromatic heterocycles. The number of morpholine rings is 1. The number of carbonyl (C=O) groups is 3. The zero-order chi connectivity index (χ0) is 34.5. The van der Waals surface area contributed by atoms with E-state index in [9.17, 15) is 19.5 Å². The largest absolute Gasteiger partial charge is 0.494 e. The number of nitrogens with zero attached hydrogens (tertiary/aromatic N) is 4. The molecule has 1 N–H and O–H groups in total. The number of fused-ring (bicyclic) bond motifs is 1. The van der Waals surface area contributed by atoms with Crippen molar-refractivity contribution in [2.75, 3.05) is 77.1 Å². The summed E-state index contributed by atoms with van der Waals surface area (Å²) in [5, 5.41) is 9.41. The SMILES string of the molecule is C=CCN(CCN1CCOCC1)C(=O)C1N(CCCCCO)C(=O)[C@@H]2[C@@H](C(=O)N(CC=C)c3ccc(OCC)cc3)[C@]3(C)OC12CC3C. The number of benzene rings is 1. The summed E-state index contributed by atoms with van der Waals surface area (Å²) in [5.41, 5.74) is -1.41. The summed E-state index contributed by atoms with van der Waals surface area (Å²) in [6, 6.07) is 6.49. The highest BCUT2D eigenvalue weighted by Crippen LogP contribution is 2.65. The second-order valence-electron chi connectivity index (χ2n) is 13.7. The lowest BCUT2D eigenvalue weighted by Gasteiger charge is -2.39. The Kier molecular flexibility index (Phi) is 11.7. The molecule has 1 aromatic carbocycles. The molecule has 264 valence electrons. The van der Waals surface area contributed by atoms with E-state index < -0.39 is 29.1 Å². The van der Waals surface area contributed by atoms with Gasteiger partial charge < -0.3 is 34.0 Å². The molecule has 4 aliphatic heterocycles. The van der Waals surface area contributed by atoms with Crippen molar-refractivity contribution >= 4 is 23.4 Å². The summed E-state index contributed by atoms with van der Waals surface area (Å²) >= 11 is 0. The highest BCUT2D eigenvalue weighted by Gasteiger charge is 2.80. The summed E-state index contributed by atoms with van der Waals surface area (Å²) in [6.45, 7) is 19.4. The van der Waals surface area contributed by atoms with Crippen LogP contribution in [0.25, 0.3) is 0 Å². The molecular formula is C37H54N4O7. The highest BCUT2D eigenvalue weighted by atomic mass is 16.5. The van der Waals surface area contributed by atoms with Crippen LogP contribution in [0.1, 0.15) is 46.5 Å². The van der Waals surface area contributed by atoms with Crippen molar-refractivity contribution in [1.82, 2.24) is 14.7 Å². The van der Waals surface area contributed by atoms with Gasteiger partial charge in [0.15, 0.2) is 0 Å². The van der Waals surface area contributed by atoms with Crippen LogP contribution in [0.5, 0.6) is 5.75 Å². The number of likely N-dealkylation sites (tertiary alicyclic amines) is 1. The molecule has 4 saturated heterocycles. The van der Waals surface area contributed by atoms with Crippen LogP contribution in [0.4, 0.5) is 5.69 Å². The smallest absolute Gasteiger partial charge is 0.248 e. The number of amides is 3. The third-order valence-corrected chi connectivity index (χ3v) is 10.9. The Labute approximate surface area is 285 Å². The normalized spacial score (nSPS) is 29.5. The number of rotatable bonds is 17. The second-order valence-corrected chi connectivity index (χ2v) is 13.7. The van der Waals surface area contributed by atoms with Crippen LogP contribution < -0.4 is 9.64 Å². The number of carbonyl (C=O) groups excluding carboxylic acids is 3. The van der Waals surface area contributed by atoms with Gasteiger partial charge in [-0.2, -0.15) is 0 Å². The average molecular weight is 667 g/mol. The Morgan fingerprint density at radius 3 is 2.42 bits per heavy atom. The van der Waals surface area contributed by atoms with E-state index in [1.54, 1.807) is 26.9 Å². The molecule has 4 fully saturated rings. The predicted molar refractivity (Wildman–Crippen MR) is 184 cm³/mol. The minimum atomic E-state index is -1.14. The van der Waals surface area contributed by atoms with Crippen molar-refractivity contribution in [2.45, 2.75) is 63.7 Å². The highest BCUT2D eigenvalue weighted by molar-refractivity contribution is 6.03. The minimum absolute atomic E-state index is 0.0672. The lowest BCUT2D eigenvalue weighted by atomic mass is 9.62. The van der Waals surface area contributed by atoms with Crippen LogP contribution in [-0.2, 0) is 23.9 Å². The molecule has 0 radical (unpaired) electrons. The van der Waals surface area contributed by atoms with E-state index in [-0.39, 0.29) is 36.8 Å². The van der Waals surface area contributed by atoms with E-state index in [4.69, 9.17) is 14.2 Å². The Morgan fingerprint density at radius 2 is 1.77 bits per heavy atom. The summed E-state index contributed by atoms with van der Waals surface area (Å²) in [5.74, 6) is -1.55. The average Bonchev–Trinajstić information content (AvgIpc) is 3.60. The standard InChI is InChI=1S/C37H54N4O7/c1-6-16-39(20-19-38-21-24-46-25-22-38)35(45)32-37-26-27(4)36(5,48-37)30(31(37)34(44)41(32)18-10-9-11-23-42)33(43)40(17-7-2)28-12-14-29(15-13-28)47-8-3/h6-7,12-15,27,30-32,42H,1-2,8-11,16-26H2,3-5H3/t27?,30-,31-,32?,36+,37?/m0/s1. The van der Waals surface area contributed by atoms with Gasteiger partial charge in [-0.3, -0.25) is 19.3 Å². The number of unbranched alkanes of at least 4 members (excludes halogenated alkanes) is 2. The van der Waals surface area contributed by atoms with Crippen LogP contribution in [0, 0.1) is 17.8 Å². The van der Waals surface area contributed by atoms with Crippen molar-refractivity contribution in [3.8, 4) is 5.75 Å². The Hall–Kier alpha value is -3.25. The van der Waals surface area contributed by atoms with E-state index in [0.29, 0.717) is 83.1 Å². The maximum atomic E-state index is 14.8. The van der Waals surface area contributed by atoms with Crippen LogP contribution in [0.2, 0.25) is 0 Å². The van der Waals surface area contributed by atoms with Crippen LogP contribution in [0.15, 0.2) is 49.6 Å². The van der Waals surface area contributed by atoms with E-state index >= 15 is 0 Å². The molecule has 11 nitrogen and oxygen atoms in total. The second kappa shape index (κ2) is 15.5. The number of hydrogen-bond donors (Lipinski definition) is 1. The van der Waals surface area contributed by atoms with Crippen molar-refractivity contribution in [3.05, 3.63) is 49.6 Å². The van der Waals surface area contributed by atoms with Gasteiger partial charge in [0.25, 0.3) is 0 Å². The van der Waals surface area contributed by atoms with E-state index in [2.05, 4.69) is 25.0 Å². The number of ether oxygens (including phenoxy) is 3. The lowest BCUT2D eigenvalue weighted by Crippen LogP contribution is -2.57. The molecule has 0 saturated carbocycles. The molecule has 0 aliphatic carbocycles. The summed E-state index contributed by atoms with van der Waals surface area (Å²) < 4.78 is 18.2. The fourth-order valence-corrected chi connectivity index (χ4v) is 8.42. The Bertz CT molecular complexity index is 1320. The third kappa shape index (κ3) is 6.66. The molecule has 1 aromatic rings. The van der Waals surface area contributed by atoms with Crippen molar-refractivity contribution < 1.29 is 33.7 Å². The van der Waals surface area contributed by atoms with Crippen molar-refractivity contribution in [3.63, 3.8) is 0 Å². The molecular weight excluding hydrogens is 612 g/mol. The number of aliphatic hydroxyl groups is 1. The molecule has 11 heteroatoms. The summed E-state index contributed by atoms with van der Waals surface area (Å²) in [7, 11) is 0. The van der Waals surface area contributed by atoms with Gasteiger partial charge in [-0.15, -0.1) is 13.2 Å². The number of anilines is 1. The first-order valence-corrected chi connectivity index (χ1v) is 17.6. The lowest BCUT2D eigenvalue weighted by molar-refractivity contribution is -0.152. The van der Waals surface area contributed by atoms with Crippen LogP contribution >= 0.6 is 0 Å². The monoisotopic (exact) mass is 666 g/mol. The van der Waals surface area contributed by atoms with Gasteiger partial charge in [-0.05, 0) is 69.7 Å². The zero-order valence-corrected chi connectivity index (χ0v) is 29.0. The van der Waals surface area contributed by atoms with Crippen LogP contribution in [0.3, 0.4) is 0 Å². The van der Waals surface area contributed by atoms with Gasteiger partial charge in [0.2, 0.25) is 17.7 Å². The van der Waals surface area contributed by atoms with Crippen molar-refractivity contribution in [1.29, 1.82) is 0 Å². The summed E-state index contributed by atoms with van der Waals surface area (Å²) in [4.78, 5) is 51.8. The molecule has 1 spiro atoms. The predicted octanol–water partition coefficient (Wildman–Crippen LogP) is 3.12. The van der Waals surface area contributed by atoms with Gasteiger partial charge in [0.1, 0.15) is 17.4 Å². The van der Waals surface area contributed by atoms with Gasteiger partial charge in [-0.1, -0.05) is 19.1 Å². The number of aliphatic hydroxyl groups excluding tert-OH is 1. The maximum Gasteiger partial charge on any atom is 0.248 e. The molecule has 3 unspecified atom stereocenters. The van der Waals surface area contributed by atoms with Crippen LogP contribution in [-0.4, -0.2) is 127 Å². The van der Waals surface area contributed by atoms with Gasteiger partial charge >= 0.3 is 0 Å². The first kappa shape index (κ1) is 36.0. The van der Waals surface area contributed by atoms with E-state index in [0.717, 1.165) is 13.1 Å². The van der Waals surface area contributed by atoms with Crippen molar-refractivity contribution in [2.24, 2.45) is 17.8 Å². The zero-order valence-electron chi connectivity index (χ0n) is 29.0. The molecule has 4 aliphatic rings. The quantitative estimate of drug-likeness (QED) is 0.200. The molecule has 6 atom stereocenters. The van der Waals surface area contributed by atoms with E-state index in [1.165, 1.54) is 0 Å². The van der Waals surface area contributed by atoms with E-state index in [1.807, 2.05) is 38.1 Å². The first-order valence-electron chi connectivity index (χ1n) is 17.6. The molecule has 48 heavy (non-hydrogen) atoms. The first-order chi connectivity index (χ1) is 23.2. The fraction of sp³-hybridized carbons (Fsp3) is 0.649. The minimum Gasteiger partial charge on any atom is -0.494 e. The molecule has 4 heterocycles. The summed E-state index contributed by atoms with van der Waals surface area (Å²) in [6.07, 6.45) is 5.87. The topological polar surface area (TPSA) is 112 Å². The Balaban J connectivity index is 1.50. The Morgan fingerprint density at radius 1 is 1.06 bits per heavy atom. The fourth-order valence-electron chi connectivity index (χ4n) is 8.42. The van der Waals surface area contributed by atoms with Gasteiger partial charge in [-0.25, -0.2) is 0 Å².